The minimum Gasteiger partial charge on any atom is -0.481 e. The predicted molar refractivity (Wildman–Crippen MR) is 35.1 cm³/mol. The molecular weight excluding hydrogens is 132 g/mol. The molecule has 0 amide bonds. The first-order valence-corrected chi connectivity index (χ1v) is 2.84. The molecule has 1 rings (SSSR count). The zero-order chi connectivity index (χ0) is 7.56. The van der Waals surface area contributed by atoms with Crippen LogP contribution in [0.5, 0.6) is 5.88 Å². The highest BCUT2D eigenvalue weighted by molar-refractivity contribution is 5.95. The number of ketones is 1. The second kappa shape index (κ2) is 2.51. The van der Waals surface area contributed by atoms with Gasteiger partial charge in [0.05, 0.1) is 18.9 Å². The van der Waals surface area contributed by atoms with Gasteiger partial charge in [-0.1, -0.05) is 0 Å². The molecule has 0 unspecified atom stereocenters. The lowest BCUT2D eigenvalue weighted by atomic mass is 10.2. The fourth-order valence-electron chi connectivity index (χ4n) is 0.681. The van der Waals surface area contributed by atoms with Gasteiger partial charge in [-0.2, -0.15) is 5.10 Å². The van der Waals surface area contributed by atoms with Gasteiger partial charge in [0.1, 0.15) is 0 Å². The molecule has 1 aromatic heterocycles. The second-order valence-corrected chi connectivity index (χ2v) is 1.87. The first kappa shape index (κ1) is 6.80. The van der Waals surface area contributed by atoms with E-state index in [1.165, 1.54) is 20.2 Å². The van der Waals surface area contributed by atoms with Crippen LogP contribution in [0.15, 0.2) is 6.20 Å². The monoisotopic (exact) mass is 140 g/mol. The van der Waals surface area contributed by atoms with Crippen molar-refractivity contribution in [2.24, 2.45) is 0 Å². The third kappa shape index (κ3) is 1.00. The molecule has 0 aromatic carbocycles. The molecule has 0 saturated carbocycles. The van der Waals surface area contributed by atoms with E-state index in [9.17, 15) is 4.79 Å². The summed E-state index contributed by atoms with van der Waals surface area (Å²) >= 11 is 0. The molecule has 0 spiro atoms. The average Bonchev–Trinajstić information content (AvgIpc) is 2.33. The van der Waals surface area contributed by atoms with Crippen molar-refractivity contribution in [2.75, 3.05) is 7.11 Å². The molecule has 1 heterocycles. The zero-order valence-corrected chi connectivity index (χ0v) is 5.84. The smallest absolute Gasteiger partial charge is 0.219 e. The topological polar surface area (TPSA) is 55.0 Å². The summed E-state index contributed by atoms with van der Waals surface area (Å²) < 4.78 is 4.81. The normalized spacial score (nSPS) is 9.40. The van der Waals surface area contributed by atoms with Crippen molar-refractivity contribution < 1.29 is 9.53 Å². The van der Waals surface area contributed by atoms with Crippen molar-refractivity contribution in [3.8, 4) is 5.88 Å². The Bertz CT molecular complexity index is 242. The van der Waals surface area contributed by atoms with E-state index in [4.69, 9.17) is 4.74 Å². The Balaban J connectivity index is 3.01. The van der Waals surface area contributed by atoms with Crippen molar-refractivity contribution in [2.45, 2.75) is 6.92 Å². The van der Waals surface area contributed by atoms with E-state index >= 15 is 0 Å². The van der Waals surface area contributed by atoms with Crippen LogP contribution in [0.1, 0.15) is 17.3 Å². The highest BCUT2D eigenvalue weighted by Gasteiger charge is 2.08. The van der Waals surface area contributed by atoms with Crippen molar-refractivity contribution in [1.29, 1.82) is 0 Å². The summed E-state index contributed by atoms with van der Waals surface area (Å²) in [5.74, 6) is 0.373. The van der Waals surface area contributed by atoms with Crippen LogP contribution in [0.25, 0.3) is 0 Å². The summed E-state index contributed by atoms with van der Waals surface area (Å²) in [6.07, 6.45) is 1.45. The Labute approximate surface area is 58.2 Å². The predicted octanol–water partition coefficient (Wildman–Crippen LogP) is 0.621. The fourth-order valence-corrected chi connectivity index (χ4v) is 0.681. The summed E-state index contributed by atoms with van der Waals surface area (Å²) in [5, 5.41) is 6.19. The van der Waals surface area contributed by atoms with Gasteiger partial charge in [0.25, 0.3) is 0 Å². The Morgan fingerprint density at radius 2 is 2.50 bits per heavy atom. The Kier molecular flexibility index (Phi) is 1.71. The van der Waals surface area contributed by atoms with Crippen LogP contribution >= 0.6 is 0 Å². The quantitative estimate of drug-likeness (QED) is 0.612. The van der Waals surface area contributed by atoms with Gasteiger partial charge in [-0.25, -0.2) is 5.10 Å². The summed E-state index contributed by atoms with van der Waals surface area (Å²) in [6.45, 7) is 1.47. The zero-order valence-electron chi connectivity index (χ0n) is 5.84. The Morgan fingerprint density at radius 3 is 2.90 bits per heavy atom. The van der Waals surface area contributed by atoms with Gasteiger partial charge < -0.3 is 4.74 Å². The van der Waals surface area contributed by atoms with E-state index in [0.29, 0.717) is 11.4 Å². The molecule has 1 aromatic rings. The lowest BCUT2D eigenvalue weighted by Gasteiger charge is -1.94. The van der Waals surface area contributed by atoms with Gasteiger partial charge >= 0.3 is 0 Å². The van der Waals surface area contributed by atoms with Gasteiger partial charge in [0.2, 0.25) is 5.88 Å². The minimum absolute atomic E-state index is 0.0504. The molecule has 54 valence electrons. The van der Waals surface area contributed by atoms with Gasteiger partial charge in [0, 0.05) is 0 Å². The van der Waals surface area contributed by atoms with E-state index in [0.717, 1.165) is 0 Å². The SMILES string of the molecule is COc1[nH]ncc1C(C)=O. The Morgan fingerprint density at radius 1 is 1.80 bits per heavy atom. The molecule has 4 heteroatoms. The van der Waals surface area contributed by atoms with Gasteiger partial charge in [0.15, 0.2) is 5.78 Å². The molecule has 0 saturated heterocycles. The number of methoxy groups -OCH3 is 1. The number of aromatic nitrogens is 2. The Hall–Kier alpha value is -1.32. The molecule has 0 aliphatic rings. The molecular formula is C6H8N2O2. The molecule has 0 atom stereocenters. The number of rotatable bonds is 2. The van der Waals surface area contributed by atoms with Gasteiger partial charge in [-0.05, 0) is 6.92 Å². The summed E-state index contributed by atoms with van der Waals surface area (Å²) in [6, 6.07) is 0. The highest BCUT2D eigenvalue weighted by Crippen LogP contribution is 2.12. The van der Waals surface area contributed by atoms with E-state index < -0.39 is 0 Å². The van der Waals surface area contributed by atoms with Crippen LogP contribution in [0.2, 0.25) is 0 Å². The van der Waals surface area contributed by atoms with E-state index in [2.05, 4.69) is 10.2 Å². The number of ether oxygens (including phenoxy) is 1. The van der Waals surface area contributed by atoms with E-state index in [-0.39, 0.29) is 5.78 Å². The standard InChI is InChI=1S/C6H8N2O2/c1-4(9)5-3-7-8-6(5)10-2/h3H,1-2H3,(H,7,8). The van der Waals surface area contributed by atoms with Crippen LogP contribution in [-0.2, 0) is 0 Å². The van der Waals surface area contributed by atoms with Crippen LogP contribution < -0.4 is 4.74 Å². The maximum absolute atomic E-state index is 10.7. The van der Waals surface area contributed by atoms with Crippen LogP contribution in [0.4, 0.5) is 0 Å². The summed E-state index contributed by atoms with van der Waals surface area (Å²) in [7, 11) is 1.49. The third-order valence-electron chi connectivity index (χ3n) is 1.19. The van der Waals surface area contributed by atoms with E-state index in [1.54, 1.807) is 0 Å². The van der Waals surface area contributed by atoms with Crippen molar-refractivity contribution >= 4 is 5.78 Å². The largest absolute Gasteiger partial charge is 0.481 e. The maximum Gasteiger partial charge on any atom is 0.219 e. The van der Waals surface area contributed by atoms with Gasteiger partial charge in [-0.15, -0.1) is 0 Å². The van der Waals surface area contributed by atoms with Crippen molar-refractivity contribution in [3.05, 3.63) is 11.8 Å². The average molecular weight is 140 g/mol. The number of carbonyl (C=O) groups excluding carboxylic acids is 1. The van der Waals surface area contributed by atoms with Crippen LogP contribution in [0.3, 0.4) is 0 Å². The van der Waals surface area contributed by atoms with Crippen LogP contribution in [-0.4, -0.2) is 23.1 Å². The lowest BCUT2D eigenvalue weighted by molar-refractivity contribution is 0.101. The molecule has 1 N–H and O–H groups in total. The molecule has 0 aliphatic carbocycles. The number of nitrogens with one attached hydrogen (secondary N) is 1. The van der Waals surface area contributed by atoms with E-state index in [1.807, 2.05) is 0 Å². The molecule has 10 heavy (non-hydrogen) atoms. The van der Waals surface area contributed by atoms with Gasteiger partial charge in [-0.3, -0.25) is 4.79 Å². The van der Waals surface area contributed by atoms with Crippen molar-refractivity contribution in [1.82, 2.24) is 10.2 Å². The molecule has 0 bridgehead atoms. The summed E-state index contributed by atoms with van der Waals surface area (Å²) in [5.41, 5.74) is 0.488. The molecule has 4 nitrogen and oxygen atoms in total. The first-order chi connectivity index (χ1) is 4.75. The fraction of sp³-hybridized carbons (Fsp3) is 0.333. The number of nitrogens with zero attached hydrogens (tertiary/aromatic N) is 1. The molecule has 0 radical (unpaired) electrons. The lowest BCUT2D eigenvalue weighted by Crippen LogP contribution is -1.93. The number of hydrogen-bond donors (Lipinski definition) is 1. The third-order valence-corrected chi connectivity index (χ3v) is 1.19. The maximum atomic E-state index is 10.7. The number of carbonyl (C=O) groups is 1. The number of aromatic amines is 1. The van der Waals surface area contributed by atoms with Crippen molar-refractivity contribution in [3.63, 3.8) is 0 Å². The molecule has 0 fully saturated rings. The number of Topliss-reactive ketones (excluding diaryl/α,β-unsaturated/α-hetero) is 1. The minimum atomic E-state index is -0.0504. The van der Waals surface area contributed by atoms with Crippen LogP contribution in [0, 0.1) is 0 Å². The first-order valence-electron chi connectivity index (χ1n) is 2.84. The second-order valence-electron chi connectivity index (χ2n) is 1.87. The summed E-state index contributed by atoms with van der Waals surface area (Å²) in [4.78, 5) is 10.7. The number of H-pyrrole nitrogens is 1. The number of hydrogen-bond acceptors (Lipinski definition) is 3. The highest BCUT2D eigenvalue weighted by atomic mass is 16.5. The molecule has 0 aliphatic heterocycles.